The van der Waals surface area contributed by atoms with Gasteiger partial charge in [-0.1, -0.05) is 0 Å². The third kappa shape index (κ3) is 2.01. The van der Waals surface area contributed by atoms with Gasteiger partial charge < -0.3 is 4.90 Å². The highest BCUT2D eigenvalue weighted by Crippen LogP contribution is 1.99. The van der Waals surface area contributed by atoms with E-state index in [1.54, 1.807) is 0 Å². The van der Waals surface area contributed by atoms with Crippen molar-refractivity contribution in [3.63, 3.8) is 0 Å². The molecule has 0 N–H and O–H groups in total. The maximum absolute atomic E-state index is 3.93. The Balaban J connectivity index is 2.61. The fraction of sp³-hybridized carbons (Fsp3) is 0.714. The Morgan fingerprint density at radius 3 is 2.73 bits per heavy atom. The van der Waals surface area contributed by atoms with E-state index >= 15 is 0 Å². The highest BCUT2D eigenvalue weighted by Gasteiger charge is 2.15. The lowest BCUT2D eigenvalue weighted by Gasteiger charge is -2.31. The van der Waals surface area contributed by atoms with Crippen LogP contribution in [0.5, 0.6) is 0 Å². The average molecular weight is 154 g/mol. The summed E-state index contributed by atoms with van der Waals surface area (Å²) in [6, 6.07) is 0. The van der Waals surface area contributed by atoms with Crippen LogP contribution < -0.4 is 0 Å². The molecule has 1 fully saturated rings. The molecule has 1 saturated heterocycles. The van der Waals surface area contributed by atoms with Gasteiger partial charge in [0.15, 0.2) is 0 Å². The van der Waals surface area contributed by atoms with Crippen LogP contribution in [0, 0.1) is 0 Å². The van der Waals surface area contributed by atoms with Crippen LogP contribution >= 0.6 is 0 Å². The number of nitrogens with zero attached hydrogens (tertiary/aromatic N) is 4. The first-order valence-electron chi connectivity index (χ1n) is 3.66. The van der Waals surface area contributed by atoms with E-state index in [1.807, 2.05) is 7.05 Å². The molecular formula is C7H14N4. The van der Waals surface area contributed by atoms with Gasteiger partial charge in [-0.15, -0.1) is 5.10 Å². The van der Waals surface area contributed by atoms with Gasteiger partial charge in [0.2, 0.25) is 0 Å². The molecule has 11 heavy (non-hydrogen) atoms. The minimum Gasteiger partial charge on any atom is -0.359 e. The van der Waals surface area contributed by atoms with E-state index in [0.29, 0.717) is 0 Å². The molecule has 1 heterocycles. The lowest BCUT2D eigenvalue weighted by atomic mass is 10.3. The lowest BCUT2D eigenvalue weighted by molar-refractivity contribution is 0.288. The van der Waals surface area contributed by atoms with Crippen molar-refractivity contribution in [1.82, 2.24) is 9.80 Å². The van der Waals surface area contributed by atoms with Crippen LogP contribution in [0.3, 0.4) is 0 Å². The molecule has 1 aliphatic rings. The molecule has 4 nitrogen and oxygen atoms in total. The second-order valence-corrected chi connectivity index (χ2v) is 2.82. The summed E-state index contributed by atoms with van der Waals surface area (Å²) in [6.45, 7) is 6.31. The smallest absolute Gasteiger partial charge is 0.141 e. The Kier molecular flexibility index (Phi) is 2.59. The van der Waals surface area contributed by atoms with Gasteiger partial charge in [0.25, 0.3) is 0 Å². The van der Waals surface area contributed by atoms with Crippen LogP contribution in [-0.4, -0.2) is 56.1 Å². The third-order valence-electron chi connectivity index (χ3n) is 1.86. The largest absolute Gasteiger partial charge is 0.359 e. The summed E-state index contributed by atoms with van der Waals surface area (Å²) in [5.74, 6) is 0.994. The molecule has 0 bridgehead atoms. The number of amidine groups is 1. The topological polar surface area (TPSA) is 31.2 Å². The number of hydrogen-bond donors (Lipinski definition) is 0. The molecule has 0 aliphatic carbocycles. The number of hydrogen-bond acceptors (Lipinski definition) is 3. The van der Waals surface area contributed by atoms with E-state index in [1.165, 1.54) is 0 Å². The number of likely N-dealkylation sites (N-methyl/N-ethyl adjacent to an activating group) is 2. The predicted octanol–water partition coefficient (Wildman–Crippen LogP) is -0.122. The standard InChI is InChI=1S/C7H14N4/c1-8-9-7-6-10(2)4-5-11(7)3/h1,4-6H2,2-3H3/b9-7-. The second kappa shape index (κ2) is 3.48. The van der Waals surface area contributed by atoms with Gasteiger partial charge in [0.05, 0.1) is 6.54 Å². The van der Waals surface area contributed by atoms with Gasteiger partial charge in [-0.25, -0.2) is 0 Å². The van der Waals surface area contributed by atoms with E-state index in [0.717, 1.165) is 25.5 Å². The zero-order valence-electron chi connectivity index (χ0n) is 7.12. The highest BCUT2D eigenvalue weighted by molar-refractivity contribution is 5.84. The fourth-order valence-corrected chi connectivity index (χ4v) is 1.08. The molecule has 62 valence electrons. The fourth-order valence-electron chi connectivity index (χ4n) is 1.08. The molecule has 0 radical (unpaired) electrons. The Morgan fingerprint density at radius 1 is 1.36 bits per heavy atom. The molecule has 1 aliphatic heterocycles. The number of piperazine rings is 1. The SMILES string of the molecule is C=N/N=C1/CN(C)CCN1C. The molecule has 0 saturated carbocycles. The normalized spacial score (nSPS) is 24.2. The minimum absolute atomic E-state index is 0.871. The molecule has 4 heteroatoms. The zero-order chi connectivity index (χ0) is 8.27. The van der Waals surface area contributed by atoms with E-state index < -0.39 is 0 Å². The molecule has 1 rings (SSSR count). The van der Waals surface area contributed by atoms with Crippen LogP contribution in [0.4, 0.5) is 0 Å². The molecule has 0 amide bonds. The summed E-state index contributed by atoms with van der Waals surface area (Å²) in [5, 5.41) is 7.44. The monoisotopic (exact) mass is 154 g/mol. The summed E-state index contributed by atoms with van der Waals surface area (Å²) in [7, 11) is 4.10. The van der Waals surface area contributed by atoms with Crippen molar-refractivity contribution in [3.8, 4) is 0 Å². The van der Waals surface area contributed by atoms with Gasteiger partial charge in [-0.2, -0.15) is 5.10 Å². The molecule has 0 aromatic heterocycles. The summed E-state index contributed by atoms with van der Waals surface area (Å²) < 4.78 is 0. The van der Waals surface area contributed by atoms with Crippen molar-refractivity contribution in [2.75, 3.05) is 33.7 Å². The second-order valence-electron chi connectivity index (χ2n) is 2.82. The predicted molar refractivity (Wildman–Crippen MR) is 47.1 cm³/mol. The first kappa shape index (κ1) is 8.20. The van der Waals surface area contributed by atoms with Crippen molar-refractivity contribution in [1.29, 1.82) is 0 Å². The average Bonchev–Trinajstić information content (AvgIpc) is 1.98. The lowest BCUT2D eigenvalue weighted by Crippen LogP contribution is -2.46. The zero-order valence-corrected chi connectivity index (χ0v) is 7.12. The van der Waals surface area contributed by atoms with Crippen molar-refractivity contribution < 1.29 is 0 Å². The maximum Gasteiger partial charge on any atom is 0.141 e. The van der Waals surface area contributed by atoms with E-state index in [9.17, 15) is 0 Å². The molecule has 0 spiro atoms. The molecular weight excluding hydrogens is 140 g/mol. The van der Waals surface area contributed by atoms with Crippen LogP contribution in [0.15, 0.2) is 10.2 Å². The molecule has 0 aromatic carbocycles. The highest BCUT2D eigenvalue weighted by atomic mass is 15.3. The third-order valence-corrected chi connectivity index (χ3v) is 1.86. The van der Waals surface area contributed by atoms with Gasteiger partial charge in [0, 0.05) is 26.9 Å². The Hall–Kier alpha value is -0.900. The summed E-state index contributed by atoms with van der Waals surface area (Å²) >= 11 is 0. The van der Waals surface area contributed by atoms with E-state index in [-0.39, 0.29) is 0 Å². The summed E-state index contributed by atoms with van der Waals surface area (Å²) in [4.78, 5) is 4.32. The number of rotatable bonds is 1. The first-order valence-corrected chi connectivity index (χ1v) is 3.66. The van der Waals surface area contributed by atoms with Crippen molar-refractivity contribution >= 4 is 12.6 Å². The van der Waals surface area contributed by atoms with Gasteiger partial charge >= 0.3 is 0 Å². The first-order chi connectivity index (χ1) is 5.24. The van der Waals surface area contributed by atoms with Crippen molar-refractivity contribution in [2.45, 2.75) is 0 Å². The Labute approximate surface area is 67.2 Å². The van der Waals surface area contributed by atoms with Crippen LogP contribution in [-0.2, 0) is 0 Å². The van der Waals surface area contributed by atoms with Gasteiger partial charge in [-0.3, -0.25) is 4.90 Å². The van der Waals surface area contributed by atoms with Crippen LogP contribution in [0.2, 0.25) is 0 Å². The summed E-state index contributed by atoms with van der Waals surface area (Å²) in [5.41, 5.74) is 0. The molecule has 0 unspecified atom stereocenters. The van der Waals surface area contributed by atoms with E-state index in [4.69, 9.17) is 0 Å². The molecule has 0 atom stereocenters. The van der Waals surface area contributed by atoms with Crippen LogP contribution in [0.1, 0.15) is 0 Å². The van der Waals surface area contributed by atoms with Crippen LogP contribution in [0.25, 0.3) is 0 Å². The Bertz CT molecular complexity index is 175. The quantitative estimate of drug-likeness (QED) is 0.389. The van der Waals surface area contributed by atoms with E-state index in [2.05, 4.69) is 33.8 Å². The summed E-state index contributed by atoms with van der Waals surface area (Å²) in [6.07, 6.45) is 0. The van der Waals surface area contributed by atoms with Crippen molar-refractivity contribution in [3.05, 3.63) is 0 Å². The van der Waals surface area contributed by atoms with Gasteiger partial charge in [0.1, 0.15) is 5.84 Å². The minimum atomic E-state index is 0.871. The van der Waals surface area contributed by atoms with Gasteiger partial charge in [-0.05, 0) is 7.05 Å². The maximum atomic E-state index is 3.93. The molecule has 0 aromatic rings. The van der Waals surface area contributed by atoms with Crippen molar-refractivity contribution in [2.24, 2.45) is 10.2 Å². The Morgan fingerprint density at radius 2 is 2.09 bits per heavy atom.